The van der Waals surface area contributed by atoms with Crippen LogP contribution < -0.4 is 5.73 Å². The van der Waals surface area contributed by atoms with Crippen LogP contribution in [-0.4, -0.2) is 4.98 Å². The lowest BCUT2D eigenvalue weighted by Crippen LogP contribution is -2.23. The quantitative estimate of drug-likeness (QED) is 0.890. The van der Waals surface area contributed by atoms with Crippen LogP contribution in [0.25, 0.3) is 10.2 Å². The topological polar surface area (TPSA) is 38.9 Å². The van der Waals surface area contributed by atoms with Crippen LogP contribution >= 0.6 is 11.3 Å². The molecule has 1 atom stereocenters. The monoisotopic (exact) mass is 264 g/mol. The smallest absolute Gasteiger partial charge is 0.125 e. The van der Waals surface area contributed by atoms with Crippen LogP contribution in [0.3, 0.4) is 0 Å². The van der Waals surface area contributed by atoms with Gasteiger partial charge in [-0.3, -0.25) is 0 Å². The third-order valence-electron chi connectivity index (χ3n) is 3.81. The molecule has 18 heavy (non-hydrogen) atoms. The molecule has 1 aliphatic rings. The van der Waals surface area contributed by atoms with Crippen molar-refractivity contribution in [2.45, 2.75) is 38.1 Å². The minimum atomic E-state index is -0.231. The molecular weight excluding hydrogens is 247 g/mol. The summed E-state index contributed by atoms with van der Waals surface area (Å²) in [6.45, 7) is 0. The first-order valence-electron chi connectivity index (χ1n) is 6.55. The van der Waals surface area contributed by atoms with Crippen LogP contribution in [0.5, 0.6) is 0 Å². The van der Waals surface area contributed by atoms with Crippen LogP contribution in [-0.2, 0) is 0 Å². The fourth-order valence-electron chi connectivity index (χ4n) is 2.76. The minimum Gasteiger partial charge on any atom is -0.322 e. The molecule has 96 valence electrons. The number of fused-ring (bicyclic) bond motifs is 1. The molecule has 2 N–H and O–H groups in total. The van der Waals surface area contributed by atoms with Gasteiger partial charge >= 0.3 is 0 Å². The summed E-state index contributed by atoms with van der Waals surface area (Å²) in [5.41, 5.74) is 7.06. The van der Waals surface area contributed by atoms with E-state index in [1.165, 1.54) is 44.2 Å². The molecule has 0 saturated heterocycles. The van der Waals surface area contributed by atoms with Gasteiger partial charge in [-0.15, -0.1) is 11.3 Å². The predicted octanol–water partition coefficient (Wildman–Crippen LogP) is 4.02. The summed E-state index contributed by atoms with van der Waals surface area (Å²) in [5.74, 6) is 0.315. The molecule has 0 spiro atoms. The zero-order valence-electron chi connectivity index (χ0n) is 10.2. The van der Waals surface area contributed by atoms with Gasteiger partial charge in [0.1, 0.15) is 10.8 Å². The van der Waals surface area contributed by atoms with E-state index in [1.807, 2.05) is 0 Å². The molecule has 1 saturated carbocycles. The van der Waals surface area contributed by atoms with Gasteiger partial charge in [0.2, 0.25) is 0 Å². The molecule has 0 aliphatic heterocycles. The Morgan fingerprint density at radius 1 is 1.28 bits per heavy atom. The number of aromatic nitrogens is 1. The summed E-state index contributed by atoms with van der Waals surface area (Å²) in [6.07, 6.45) is 6.28. The Morgan fingerprint density at radius 2 is 2.06 bits per heavy atom. The molecule has 1 aromatic carbocycles. The van der Waals surface area contributed by atoms with Crippen molar-refractivity contribution in [3.63, 3.8) is 0 Å². The second-order valence-corrected chi connectivity index (χ2v) is 6.15. The maximum Gasteiger partial charge on any atom is 0.125 e. The second kappa shape index (κ2) is 4.94. The van der Waals surface area contributed by atoms with Gasteiger partial charge in [0.25, 0.3) is 0 Å². The fourth-order valence-corrected chi connectivity index (χ4v) is 3.80. The average Bonchev–Trinajstić information content (AvgIpc) is 2.81. The number of rotatable bonds is 2. The third kappa shape index (κ3) is 2.27. The SMILES string of the molecule is NC(c1nc2cc(F)ccc2s1)C1CCCCC1. The van der Waals surface area contributed by atoms with Gasteiger partial charge in [0.15, 0.2) is 0 Å². The number of thiazole rings is 1. The highest BCUT2D eigenvalue weighted by Gasteiger charge is 2.24. The molecular formula is C14H17FN2S. The van der Waals surface area contributed by atoms with E-state index in [1.54, 1.807) is 17.4 Å². The molecule has 3 rings (SSSR count). The second-order valence-electron chi connectivity index (χ2n) is 5.09. The zero-order chi connectivity index (χ0) is 12.5. The highest BCUT2D eigenvalue weighted by Crippen LogP contribution is 2.36. The van der Waals surface area contributed by atoms with Crippen LogP contribution in [0.2, 0.25) is 0 Å². The molecule has 2 aromatic rings. The first-order valence-corrected chi connectivity index (χ1v) is 7.37. The van der Waals surface area contributed by atoms with Gasteiger partial charge in [-0.25, -0.2) is 9.37 Å². The summed E-state index contributed by atoms with van der Waals surface area (Å²) in [4.78, 5) is 4.50. The maximum absolute atomic E-state index is 13.1. The number of nitrogens with zero attached hydrogens (tertiary/aromatic N) is 1. The van der Waals surface area contributed by atoms with Crippen molar-refractivity contribution in [3.8, 4) is 0 Å². The zero-order valence-corrected chi connectivity index (χ0v) is 11.0. The highest BCUT2D eigenvalue weighted by molar-refractivity contribution is 7.18. The molecule has 1 fully saturated rings. The van der Waals surface area contributed by atoms with Crippen molar-refractivity contribution in [1.82, 2.24) is 4.98 Å². The normalized spacial score (nSPS) is 19.2. The molecule has 4 heteroatoms. The van der Waals surface area contributed by atoms with Gasteiger partial charge in [-0.2, -0.15) is 0 Å². The lowest BCUT2D eigenvalue weighted by molar-refractivity contribution is 0.308. The maximum atomic E-state index is 13.1. The van der Waals surface area contributed by atoms with E-state index in [9.17, 15) is 4.39 Å². The largest absolute Gasteiger partial charge is 0.322 e. The van der Waals surface area contributed by atoms with E-state index >= 15 is 0 Å². The predicted molar refractivity (Wildman–Crippen MR) is 73.1 cm³/mol. The van der Waals surface area contributed by atoms with E-state index in [4.69, 9.17) is 5.73 Å². The summed E-state index contributed by atoms with van der Waals surface area (Å²) < 4.78 is 14.2. The van der Waals surface area contributed by atoms with E-state index in [0.717, 1.165) is 15.2 Å². The molecule has 0 radical (unpaired) electrons. The van der Waals surface area contributed by atoms with Gasteiger partial charge in [0, 0.05) is 6.07 Å². The van der Waals surface area contributed by atoms with Crippen LogP contribution in [0.15, 0.2) is 18.2 Å². The van der Waals surface area contributed by atoms with Crippen LogP contribution in [0.4, 0.5) is 4.39 Å². The van der Waals surface area contributed by atoms with Crippen molar-refractivity contribution in [1.29, 1.82) is 0 Å². The van der Waals surface area contributed by atoms with Gasteiger partial charge in [-0.1, -0.05) is 19.3 Å². The molecule has 0 amide bonds. The lowest BCUT2D eigenvalue weighted by atomic mass is 9.84. The molecule has 1 aromatic heterocycles. The van der Waals surface area contributed by atoms with E-state index in [0.29, 0.717) is 5.92 Å². The number of hydrogen-bond acceptors (Lipinski definition) is 3. The first kappa shape index (κ1) is 12.1. The summed E-state index contributed by atoms with van der Waals surface area (Å²) >= 11 is 1.60. The van der Waals surface area contributed by atoms with Crippen molar-refractivity contribution >= 4 is 21.6 Å². The Balaban J connectivity index is 1.88. The Kier molecular flexibility index (Phi) is 3.31. The molecule has 1 unspecified atom stereocenters. The molecule has 2 nitrogen and oxygen atoms in total. The number of halogens is 1. The van der Waals surface area contributed by atoms with Crippen molar-refractivity contribution < 1.29 is 4.39 Å². The highest BCUT2D eigenvalue weighted by atomic mass is 32.1. The Labute approximate surface area is 110 Å². The third-order valence-corrected chi connectivity index (χ3v) is 4.95. The lowest BCUT2D eigenvalue weighted by Gasteiger charge is -2.25. The Bertz CT molecular complexity index is 546. The first-order chi connectivity index (χ1) is 8.74. The van der Waals surface area contributed by atoms with Crippen molar-refractivity contribution in [3.05, 3.63) is 29.0 Å². The Hall–Kier alpha value is -1.00. The summed E-state index contributed by atoms with van der Waals surface area (Å²) in [5, 5.41) is 0.961. The van der Waals surface area contributed by atoms with E-state index < -0.39 is 0 Å². The summed E-state index contributed by atoms with van der Waals surface area (Å²) in [7, 11) is 0. The molecule has 0 bridgehead atoms. The van der Waals surface area contributed by atoms with Crippen molar-refractivity contribution in [2.24, 2.45) is 11.7 Å². The number of nitrogens with two attached hydrogens (primary N) is 1. The standard InChI is InChI=1S/C14H17FN2S/c15-10-6-7-12-11(8-10)17-14(18-12)13(16)9-4-2-1-3-5-9/h6-9,13H,1-5,16H2. The molecule has 1 aliphatic carbocycles. The number of benzene rings is 1. The van der Waals surface area contributed by atoms with Gasteiger partial charge in [-0.05, 0) is 30.9 Å². The van der Waals surface area contributed by atoms with Crippen LogP contribution in [0.1, 0.15) is 43.2 Å². The Morgan fingerprint density at radius 3 is 2.83 bits per heavy atom. The van der Waals surface area contributed by atoms with E-state index in [2.05, 4.69) is 4.98 Å². The minimum absolute atomic E-state index is 0.0192. The summed E-state index contributed by atoms with van der Waals surface area (Å²) in [6, 6.07) is 4.78. The van der Waals surface area contributed by atoms with Gasteiger partial charge in [0.05, 0.1) is 16.3 Å². The van der Waals surface area contributed by atoms with Gasteiger partial charge < -0.3 is 5.73 Å². The van der Waals surface area contributed by atoms with E-state index in [-0.39, 0.29) is 11.9 Å². The van der Waals surface area contributed by atoms with Crippen LogP contribution in [0, 0.1) is 11.7 Å². The number of hydrogen-bond donors (Lipinski definition) is 1. The van der Waals surface area contributed by atoms with Crippen molar-refractivity contribution in [2.75, 3.05) is 0 Å². The fraction of sp³-hybridized carbons (Fsp3) is 0.500. The average molecular weight is 264 g/mol. The molecule has 1 heterocycles.